The summed E-state index contributed by atoms with van der Waals surface area (Å²) < 4.78 is 29.2. The van der Waals surface area contributed by atoms with E-state index in [1.54, 1.807) is 13.8 Å². The van der Waals surface area contributed by atoms with E-state index in [9.17, 15) is 9.18 Å². The minimum atomic E-state index is -1.70. The number of amides is 1. The lowest BCUT2D eigenvalue weighted by Gasteiger charge is -2.16. The number of alkyl halides is 1. The summed E-state index contributed by atoms with van der Waals surface area (Å²) in [6, 6.07) is 0.437. The summed E-state index contributed by atoms with van der Waals surface area (Å²) in [4.78, 5) is 15.7. The lowest BCUT2D eigenvalue weighted by molar-refractivity contribution is -0.163. The Hall–Kier alpha value is -0.800. The minimum Gasteiger partial charge on any atom is -0.377 e. The van der Waals surface area contributed by atoms with E-state index in [0.29, 0.717) is 25.9 Å². The molecule has 0 aromatic carbocycles. The third-order valence-corrected chi connectivity index (χ3v) is 2.88. The summed E-state index contributed by atoms with van der Waals surface area (Å²) in [7, 11) is 0. The SMILES string of the molecule is CC(C)NCC(C)OCCOCCOCC(F)ONC(=O)C(C)C. The fourth-order valence-electron chi connectivity index (χ4n) is 1.44. The molecular formula is C16H33FN2O5. The van der Waals surface area contributed by atoms with Crippen LogP contribution in [0.25, 0.3) is 0 Å². The second kappa shape index (κ2) is 14.5. The first-order valence-corrected chi connectivity index (χ1v) is 8.43. The van der Waals surface area contributed by atoms with Crippen LogP contribution in [0.2, 0.25) is 0 Å². The van der Waals surface area contributed by atoms with Crippen LogP contribution >= 0.6 is 0 Å². The predicted molar refractivity (Wildman–Crippen MR) is 89.2 cm³/mol. The number of hydrogen-bond acceptors (Lipinski definition) is 6. The number of hydrogen-bond donors (Lipinski definition) is 2. The van der Waals surface area contributed by atoms with Crippen molar-refractivity contribution in [2.24, 2.45) is 5.92 Å². The first-order chi connectivity index (χ1) is 11.3. The maximum atomic E-state index is 13.2. The van der Waals surface area contributed by atoms with Crippen molar-refractivity contribution in [2.75, 3.05) is 39.6 Å². The predicted octanol–water partition coefficient (Wildman–Crippen LogP) is 1.42. The molecule has 0 aliphatic rings. The van der Waals surface area contributed by atoms with E-state index in [4.69, 9.17) is 14.2 Å². The Labute approximate surface area is 144 Å². The van der Waals surface area contributed by atoms with Gasteiger partial charge >= 0.3 is 0 Å². The summed E-state index contributed by atoms with van der Waals surface area (Å²) in [5.41, 5.74) is 2.03. The van der Waals surface area contributed by atoms with Crippen LogP contribution in [-0.2, 0) is 23.8 Å². The van der Waals surface area contributed by atoms with Crippen molar-refractivity contribution in [1.29, 1.82) is 0 Å². The number of hydroxylamine groups is 1. The fourth-order valence-corrected chi connectivity index (χ4v) is 1.44. The van der Waals surface area contributed by atoms with E-state index in [1.165, 1.54) is 0 Å². The zero-order valence-electron chi connectivity index (χ0n) is 15.5. The number of carbonyl (C=O) groups is 1. The third-order valence-electron chi connectivity index (χ3n) is 2.88. The second-order valence-electron chi connectivity index (χ2n) is 6.08. The van der Waals surface area contributed by atoms with Crippen molar-refractivity contribution < 1.29 is 28.2 Å². The maximum Gasteiger partial charge on any atom is 0.247 e. The molecular weight excluding hydrogens is 319 g/mol. The normalized spacial score (nSPS) is 14.2. The van der Waals surface area contributed by atoms with Gasteiger partial charge in [0.25, 0.3) is 0 Å². The van der Waals surface area contributed by atoms with Crippen molar-refractivity contribution in [3.63, 3.8) is 0 Å². The smallest absolute Gasteiger partial charge is 0.247 e. The lowest BCUT2D eigenvalue weighted by Crippen LogP contribution is -2.33. The summed E-state index contributed by atoms with van der Waals surface area (Å²) in [5.74, 6) is -0.642. The second-order valence-corrected chi connectivity index (χ2v) is 6.08. The zero-order valence-corrected chi connectivity index (χ0v) is 15.5. The molecule has 0 aromatic heterocycles. The quantitative estimate of drug-likeness (QED) is 0.343. The van der Waals surface area contributed by atoms with Gasteiger partial charge in [-0.15, -0.1) is 0 Å². The molecule has 24 heavy (non-hydrogen) atoms. The van der Waals surface area contributed by atoms with E-state index in [-0.39, 0.29) is 31.1 Å². The monoisotopic (exact) mass is 352 g/mol. The van der Waals surface area contributed by atoms with Crippen molar-refractivity contribution in [3.8, 4) is 0 Å². The molecule has 0 bridgehead atoms. The molecule has 0 spiro atoms. The van der Waals surface area contributed by atoms with Gasteiger partial charge in [-0.2, -0.15) is 0 Å². The molecule has 2 N–H and O–H groups in total. The molecule has 8 heteroatoms. The summed E-state index contributed by atoms with van der Waals surface area (Å²) >= 11 is 0. The third kappa shape index (κ3) is 14.8. The number of nitrogens with one attached hydrogen (secondary N) is 2. The molecule has 0 fully saturated rings. The van der Waals surface area contributed by atoms with Crippen LogP contribution < -0.4 is 10.8 Å². The van der Waals surface area contributed by atoms with Gasteiger partial charge in [-0.3, -0.25) is 4.79 Å². The lowest BCUT2D eigenvalue weighted by atomic mass is 10.2. The molecule has 0 saturated carbocycles. The Morgan fingerprint density at radius 1 is 1.00 bits per heavy atom. The standard InChI is InChI=1S/C16H33FN2O5/c1-12(2)16(20)19-24-15(17)11-22-7-6-21-8-9-23-14(5)10-18-13(3)4/h12-15,18H,6-11H2,1-5H3,(H,19,20). The van der Waals surface area contributed by atoms with Gasteiger partial charge in [-0.1, -0.05) is 27.7 Å². The molecule has 7 nitrogen and oxygen atoms in total. The molecule has 1 amide bonds. The maximum absolute atomic E-state index is 13.2. The van der Waals surface area contributed by atoms with Gasteiger partial charge in [-0.25, -0.2) is 14.7 Å². The van der Waals surface area contributed by atoms with Crippen LogP contribution in [0.3, 0.4) is 0 Å². The molecule has 0 heterocycles. The fraction of sp³-hybridized carbons (Fsp3) is 0.938. The molecule has 0 rings (SSSR count). The van der Waals surface area contributed by atoms with Crippen molar-refractivity contribution in [1.82, 2.24) is 10.8 Å². The number of ether oxygens (including phenoxy) is 3. The van der Waals surface area contributed by atoms with Gasteiger partial charge < -0.3 is 19.5 Å². The molecule has 0 aromatic rings. The summed E-state index contributed by atoms with van der Waals surface area (Å²) in [5, 5.41) is 3.29. The van der Waals surface area contributed by atoms with E-state index in [1.807, 2.05) is 12.4 Å². The molecule has 0 aliphatic carbocycles. The Morgan fingerprint density at radius 3 is 2.25 bits per heavy atom. The number of halogens is 1. The Bertz CT molecular complexity index is 319. The number of carbonyl (C=O) groups excluding carboxylic acids is 1. The zero-order chi connectivity index (χ0) is 18.4. The topological polar surface area (TPSA) is 78.1 Å². The molecule has 144 valence electrons. The van der Waals surface area contributed by atoms with Gasteiger partial charge in [0.15, 0.2) is 0 Å². The molecule has 2 unspecified atom stereocenters. The highest BCUT2D eigenvalue weighted by molar-refractivity contribution is 5.76. The highest BCUT2D eigenvalue weighted by atomic mass is 19.1. The van der Waals surface area contributed by atoms with Gasteiger partial charge in [0.2, 0.25) is 12.3 Å². The average Bonchev–Trinajstić information content (AvgIpc) is 2.52. The van der Waals surface area contributed by atoms with E-state index in [0.717, 1.165) is 6.54 Å². The average molecular weight is 352 g/mol. The molecule has 0 saturated heterocycles. The van der Waals surface area contributed by atoms with Crippen molar-refractivity contribution in [3.05, 3.63) is 0 Å². The van der Waals surface area contributed by atoms with Crippen LogP contribution in [0.4, 0.5) is 4.39 Å². The first-order valence-electron chi connectivity index (χ1n) is 8.43. The Kier molecular flexibility index (Phi) is 14.1. The van der Waals surface area contributed by atoms with Crippen LogP contribution in [0, 0.1) is 5.92 Å². The van der Waals surface area contributed by atoms with Crippen molar-refractivity contribution >= 4 is 5.91 Å². The largest absolute Gasteiger partial charge is 0.377 e. The highest BCUT2D eigenvalue weighted by Crippen LogP contribution is 1.96. The van der Waals surface area contributed by atoms with Gasteiger partial charge in [0.1, 0.15) is 6.61 Å². The van der Waals surface area contributed by atoms with Crippen LogP contribution in [-0.4, -0.2) is 64.0 Å². The molecule has 0 aliphatic heterocycles. The Morgan fingerprint density at radius 2 is 1.62 bits per heavy atom. The van der Waals surface area contributed by atoms with Gasteiger partial charge in [0.05, 0.1) is 32.5 Å². The van der Waals surface area contributed by atoms with Crippen LogP contribution in [0.15, 0.2) is 0 Å². The van der Waals surface area contributed by atoms with E-state index in [2.05, 4.69) is 24.0 Å². The van der Waals surface area contributed by atoms with E-state index >= 15 is 0 Å². The van der Waals surface area contributed by atoms with Crippen LogP contribution in [0.1, 0.15) is 34.6 Å². The summed E-state index contributed by atoms with van der Waals surface area (Å²) in [6.45, 7) is 11.6. The number of rotatable bonds is 15. The first kappa shape index (κ1) is 23.2. The summed E-state index contributed by atoms with van der Waals surface area (Å²) in [6.07, 6.45) is -1.58. The molecule has 0 radical (unpaired) electrons. The van der Waals surface area contributed by atoms with E-state index < -0.39 is 6.36 Å². The minimum absolute atomic E-state index is 0.123. The van der Waals surface area contributed by atoms with Crippen molar-refractivity contribution in [2.45, 2.75) is 53.1 Å². The van der Waals surface area contributed by atoms with Crippen LogP contribution in [0.5, 0.6) is 0 Å². The highest BCUT2D eigenvalue weighted by Gasteiger charge is 2.12. The van der Waals surface area contributed by atoms with Gasteiger partial charge in [0, 0.05) is 18.5 Å². The van der Waals surface area contributed by atoms with Gasteiger partial charge in [-0.05, 0) is 6.92 Å². The Balaban J connectivity index is 3.37. The molecule has 2 atom stereocenters.